The number of fused-ring (bicyclic) bond motifs is 1. The van der Waals surface area contributed by atoms with Gasteiger partial charge in [0.25, 0.3) is 0 Å². The molecule has 2 aromatic carbocycles. The SMILES string of the molecule is CCC(=NOCc1ccccc1Cl)[C@H]1O[C@@H](Oc2ccc(C=C(C)C(=O)N[C@@H]3[C@H](O)[C@@H](O)[C@H]4OCO[C@H]4[C@@H]3O)cc2F)[C@@H](F)[C@@H]1O. The fourth-order valence-electron chi connectivity index (χ4n) is 5.48. The molecule has 2 aromatic rings. The summed E-state index contributed by atoms with van der Waals surface area (Å²) < 4.78 is 51.5. The van der Waals surface area contributed by atoms with Crippen molar-refractivity contribution >= 4 is 29.3 Å². The Labute approximate surface area is 268 Å². The maximum atomic E-state index is 15.0. The van der Waals surface area contributed by atoms with Crippen LogP contribution in [0.3, 0.4) is 0 Å². The van der Waals surface area contributed by atoms with E-state index in [9.17, 15) is 25.2 Å². The van der Waals surface area contributed by atoms with Crippen molar-refractivity contribution in [1.82, 2.24) is 5.32 Å². The second kappa shape index (κ2) is 14.7. The molecule has 2 saturated heterocycles. The van der Waals surface area contributed by atoms with Gasteiger partial charge in [-0.2, -0.15) is 0 Å². The Bertz CT molecular complexity index is 1460. The van der Waals surface area contributed by atoms with Crippen LogP contribution in [0.4, 0.5) is 8.78 Å². The third-order valence-electron chi connectivity index (χ3n) is 8.07. The van der Waals surface area contributed by atoms with Crippen LogP contribution in [-0.4, -0.2) is 100 Å². The van der Waals surface area contributed by atoms with Gasteiger partial charge in [0.2, 0.25) is 12.2 Å². The highest BCUT2D eigenvalue weighted by Crippen LogP contribution is 2.32. The number of oxime groups is 1. The number of aliphatic hydroxyl groups excluding tert-OH is 4. The first-order chi connectivity index (χ1) is 22.0. The highest BCUT2D eigenvalue weighted by atomic mass is 35.5. The molecule has 1 saturated carbocycles. The predicted molar refractivity (Wildman–Crippen MR) is 159 cm³/mol. The van der Waals surface area contributed by atoms with Gasteiger partial charge >= 0.3 is 0 Å². The van der Waals surface area contributed by atoms with E-state index in [0.29, 0.717) is 10.6 Å². The summed E-state index contributed by atoms with van der Waals surface area (Å²) in [6.45, 7) is 3.02. The number of hydrogen-bond acceptors (Lipinski definition) is 11. The van der Waals surface area contributed by atoms with E-state index < -0.39 is 73.0 Å². The first-order valence-electron chi connectivity index (χ1n) is 14.6. The number of carbonyl (C=O) groups excluding carboxylic acids is 1. The minimum atomic E-state index is -2.03. The van der Waals surface area contributed by atoms with E-state index in [1.807, 2.05) is 0 Å². The Morgan fingerprint density at radius 2 is 1.80 bits per heavy atom. The van der Waals surface area contributed by atoms with E-state index in [-0.39, 0.29) is 42.4 Å². The molecule has 0 unspecified atom stereocenters. The lowest BCUT2D eigenvalue weighted by Crippen LogP contribution is -2.67. The van der Waals surface area contributed by atoms with E-state index in [4.69, 9.17) is 35.4 Å². The summed E-state index contributed by atoms with van der Waals surface area (Å²) in [5.74, 6) is -1.95. The van der Waals surface area contributed by atoms with Gasteiger partial charge < -0.3 is 49.5 Å². The summed E-state index contributed by atoms with van der Waals surface area (Å²) in [6, 6.07) is 9.43. The molecule has 0 aromatic heterocycles. The van der Waals surface area contributed by atoms with Crippen molar-refractivity contribution < 1.29 is 57.8 Å². The van der Waals surface area contributed by atoms with Gasteiger partial charge in [0.15, 0.2) is 17.7 Å². The van der Waals surface area contributed by atoms with Crippen molar-refractivity contribution in [3.05, 3.63) is 70.0 Å². The van der Waals surface area contributed by atoms with E-state index in [2.05, 4.69) is 10.5 Å². The van der Waals surface area contributed by atoms with Crippen LogP contribution >= 0.6 is 11.6 Å². The van der Waals surface area contributed by atoms with E-state index in [1.54, 1.807) is 31.2 Å². The lowest BCUT2D eigenvalue weighted by atomic mass is 9.83. The van der Waals surface area contributed by atoms with Crippen LogP contribution in [0.15, 0.2) is 53.2 Å². The minimum absolute atomic E-state index is 0.0387. The number of halogens is 3. The van der Waals surface area contributed by atoms with Crippen molar-refractivity contribution in [3.63, 3.8) is 0 Å². The number of rotatable bonds is 10. The van der Waals surface area contributed by atoms with Crippen LogP contribution in [-0.2, 0) is 30.4 Å². The number of alkyl halides is 1. The summed E-state index contributed by atoms with van der Waals surface area (Å²) in [7, 11) is 0. The van der Waals surface area contributed by atoms with Crippen molar-refractivity contribution in [2.45, 2.75) is 88.1 Å². The van der Waals surface area contributed by atoms with Gasteiger partial charge in [-0.15, -0.1) is 0 Å². The predicted octanol–water partition coefficient (Wildman–Crippen LogP) is 1.99. The number of nitrogens with zero attached hydrogens (tertiary/aromatic N) is 1. The highest BCUT2D eigenvalue weighted by molar-refractivity contribution is 6.31. The fraction of sp³-hybridized carbons (Fsp3) is 0.484. The number of aliphatic hydroxyl groups is 4. The summed E-state index contributed by atoms with van der Waals surface area (Å²) in [6.07, 6.45) is -11.1. The molecule has 5 rings (SSSR count). The molecule has 0 spiro atoms. The second-order valence-corrected chi connectivity index (χ2v) is 11.6. The van der Waals surface area contributed by atoms with Crippen LogP contribution in [0.1, 0.15) is 31.4 Å². The molecule has 2 aliphatic heterocycles. The number of amides is 1. The zero-order chi connectivity index (χ0) is 33.1. The first kappa shape index (κ1) is 34.1. The maximum Gasteiger partial charge on any atom is 0.247 e. The van der Waals surface area contributed by atoms with Crippen molar-refractivity contribution in [2.24, 2.45) is 5.16 Å². The topological polar surface area (TPSA) is 169 Å². The Morgan fingerprint density at radius 1 is 1.09 bits per heavy atom. The Morgan fingerprint density at radius 3 is 2.50 bits per heavy atom. The van der Waals surface area contributed by atoms with Gasteiger partial charge in [-0.3, -0.25) is 4.79 Å². The van der Waals surface area contributed by atoms with E-state index in [1.165, 1.54) is 25.1 Å². The first-order valence-corrected chi connectivity index (χ1v) is 15.0. The molecular weight excluding hydrogens is 634 g/mol. The Hall–Kier alpha value is -3.21. The normalized spacial score (nSPS) is 33.1. The molecule has 3 fully saturated rings. The number of ether oxygens (including phenoxy) is 4. The largest absolute Gasteiger partial charge is 0.459 e. The summed E-state index contributed by atoms with van der Waals surface area (Å²) >= 11 is 6.12. The maximum absolute atomic E-state index is 15.0. The average molecular weight is 669 g/mol. The monoisotopic (exact) mass is 668 g/mol. The van der Waals surface area contributed by atoms with Gasteiger partial charge in [-0.1, -0.05) is 47.9 Å². The summed E-state index contributed by atoms with van der Waals surface area (Å²) in [5, 5.41) is 48.8. The van der Waals surface area contributed by atoms with Gasteiger partial charge in [-0.05, 0) is 43.2 Å². The van der Waals surface area contributed by atoms with Crippen LogP contribution in [0.2, 0.25) is 5.02 Å². The third kappa shape index (κ3) is 7.19. The molecule has 1 aliphatic carbocycles. The number of nitrogens with one attached hydrogen (secondary N) is 1. The number of carbonyl (C=O) groups is 1. The van der Waals surface area contributed by atoms with Gasteiger partial charge in [0.1, 0.15) is 56.1 Å². The molecular formula is C31H35ClF2N2O10. The second-order valence-electron chi connectivity index (χ2n) is 11.1. The van der Waals surface area contributed by atoms with Crippen LogP contribution in [0.5, 0.6) is 5.75 Å². The Balaban J connectivity index is 1.20. The zero-order valence-electron chi connectivity index (χ0n) is 24.8. The highest BCUT2D eigenvalue weighted by Gasteiger charge is 2.53. The van der Waals surface area contributed by atoms with Gasteiger partial charge in [0, 0.05) is 16.2 Å². The lowest BCUT2D eigenvalue weighted by molar-refractivity contribution is -0.155. The smallest absolute Gasteiger partial charge is 0.247 e. The Kier molecular flexibility index (Phi) is 10.9. The van der Waals surface area contributed by atoms with Crippen molar-refractivity contribution in [2.75, 3.05) is 6.79 Å². The summed E-state index contributed by atoms with van der Waals surface area (Å²) in [5.41, 5.74) is 1.23. The van der Waals surface area contributed by atoms with Gasteiger partial charge in [0.05, 0.1) is 11.8 Å². The molecule has 0 radical (unpaired) electrons. The van der Waals surface area contributed by atoms with E-state index in [0.717, 1.165) is 6.07 Å². The van der Waals surface area contributed by atoms with Gasteiger partial charge in [-0.25, -0.2) is 8.78 Å². The number of hydrogen-bond donors (Lipinski definition) is 5. The third-order valence-corrected chi connectivity index (χ3v) is 8.44. The van der Waals surface area contributed by atoms with Crippen LogP contribution < -0.4 is 10.1 Å². The van der Waals surface area contributed by atoms with Crippen molar-refractivity contribution in [3.8, 4) is 5.75 Å². The zero-order valence-corrected chi connectivity index (χ0v) is 25.6. The average Bonchev–Trinajstić information content (AvgIpc) is 3.64. The molecule has 3 aliphatic rings. The summed E-state index contributed by atoms with van der Waals surface area (Å²) in [4.78, 5) is 18.2. The van der Waals surface area contributed by atoms with E-state index >= 15 is 8.78 Å². The minimum Gasteiger partial charge on any atom is -0.459 e. The lowest BCUT2D eigenvalue weighted by Gasteiger charge is -2.41. The molecule has 1 amide bonds. The molecule has 12 nitrogen and oxygen atoms in total. The molecule has 10 atom stereocenters. The van der Waals surface area contributed by atoms with Crippen LogP contribution in [0.25, 0.3) is 6.08 Å². The standard InChI is InChI=1S/C31H35ClF2N2O10/c1-3-19(36-44-12-16-6-4-5-7-17(16)32)27-23(37)21(34)31(46-27)45-20-9-8-15(11-18(20)33)10-14(2)30(41)35-22-24(38)26(40)29-28(25(22)39)42-13-43-29/h4-11,21-29,31,37-40H,3,12-13H2,1-2H3,(H,35,41)/t21-,22+,23-,24-,25+,26+,27+,28-,29+,31+/m0/s1. The fourth-order valence-corrected chi connectivity index (χ4v) is 5.67. The molecule has 46 heavy (non-hydrogen) atoms. The molecule has 250 valence electrons. The van der Waals surface area contributed by atoms with Crippen molar-refractivity contribution in [1.29, 1.82) is 0 Å². The molecule has 0 bridgehead atoms. The van der Waals surface area contributed by atoms with Crippen LogP contribution in [0, 0.1) is 5.82 Å². The molecule has 15 heteroatoms. The molecule has 2 heterocycles. The molecule has 5 N–H and O–H groups in total. The number of benzene rings is 2. The quantitative estimate of drug-likeness (QED) is 0.143.